The van der Waals surface area contributed by atoms with Crippen LogP contribution in [0.4, 0.5) is 0 Å². The second-order valence-electron chi connectivity index (χ2n) is 6.44. The summed E-state index contributed by atoms with van der Waals surface area (Å²) >= 11 is 0. The van der Waals surface area contributed by atoms with Crippen LogP contribution in [-0.4, -0.2) is 29.6 Å². The van der Waals surface area contributed by atoms with Crippen LogP contribution in [0.25, 0.3) is 0 Å². The molecule has 2 atom stereocenters. The van der Waals surface area contributed by atoms with E-state index in [0.29, 0.717) is 17.6 Å². The maximum atomic E-state index is 3.85. The number of rotatable bonds is 6. The van der Waals surface area contributed by atoms with Crippen molar-refractivity contribution in [2.75, 3.05) is 13.1 Å². The van der Waals surface area contributed by atoms with E-state index in [9.17, 15) is 0 Å². The average Bonchev–Trinajstić information content (AvgIpc) is 2.56. The fourth-order valence-electron chi connectivity index (χ4n) is 3.79. The minimum atomic E-state index is 0.299. The van der Waals surface area contributed by atoms with Crippen molar-refractivity contribution in [3.05, 3.63) is 35.9 Å². The third-order valence-corrected chi connectivity index (χ3v) is 5.46. The molecule has 0 radical (unpaired) electrons. The number of nitrogens with one attached hydrogen (secondary N) is 1. The van der Waals surface area contributed by atoms with Gasteiger partial charge in [0.2, 0.25) is 0 Å². The topological polar surface area (TPSA) is 15.3 Å². The fraction of sp³-hybridized carbons (Fsp3) is 0.684. The molecule has 2 rings (SSSR count). The summed E-state index contributed by atoms with van der Waals surface area (Å²) in [6.07, 6.45) is 4.83. The molecule has 0 amide bonds. The standard InChI is InChI=1S/C19H32N2/c1-5-17-14-20-19(7-3,8-4)15-21(17)18(6-2)16-12-10-9-11-13-16/h9-13,17-18,20H,5-8,14-15H2,1-4H3. The monoisotopic (exact) mass is 288 g/mol. The lowest BCUT2D eigenvalue weighted by atomic mass is 9.86. The van der Waals surface area contributed by atoms with Gasteiger partial charge in [0.05, 0.1) is 0 Å². The van der Waals surface area contributed by atoms with E-state index in [2.05, 4.69) is 68.2 Å². The van der Waals surface area contributed by atoms with E-state index >= 15 is 0 Å². The maximum Gasteiger partial charge on any atom is 0.0349 e. The molecule has 2 nitrogen and oxygen atoms in total. The fourth-order valence-corrected chi connectivity index (χ4v) is 3.79. The zero-order valence-electron chi connectivity index (χ0n) is 14.2. The first-order chi connectivity index (χ1) is 10.2. The van der Waals surface area contributed by atoms with Crippen LogP contribution in [0.1, 0.15) is 65.0 Å². The predicted octanol–water partition coefficient (Wildman–Crippen LogP) is 4.38. The molecule has 0 bridgehead atoms. The molecule has 21 heavy (non-hydrogen) atoms. The van der Waals surface area contributed by atoms with Crippen LogP contribution >= 0.6 is 0 Å². The van der Waals surface area contributed by atoms with Gasteiger partial charge < -0.3 is 5.32 Å². The van der Waals surface area contributed by atoms with Crippen molar-refractivity contribution in [1.29, 1.82) is 0 Å². The van der Waals surface area contributed by atoms with Crippen LogP contribution in [0, 0.1) is 0 Å². The number of hydrogen-bond acceptors (Lipinski definition) is 2. The van der Waals surface area contributed by atoms with Crippen molar-refractivity contribution < 1.29 is 0 Å². The summed E-state index contributed by atoms with van der Waals surface area (Å²) in [5.41, 5.74) is 1.77. The molecule has 1 N–H and O–H groups in total. The Balaban J connectivity index is 2.27. The van der Waals surface area contributed by atoms with E-state index in [-0.39, 0.29) is 0 Å². The van der Waals surface area contributed by atoms with Crippen molar-refractivity contribution >= 4 is 0 Å². The molecule has 0 aromatic heterocycles. The van der Waals surface area contributed by atoms with Crippen LogP contribution < -0.4 is 5.32 Å². The minimum Gasteiger partial charge on any atom is -0.308 e. The summed E-state index contributed by atoms with van der Waals surface area (Å²) in [4.78, 5) is 2.78. The lowest BCUT2D eigenvalue weighted by Gasteiger charge is -2.50. The van der Waals surface area contributed by atoms with E-state index in [4.69, 9.17) is 0 Å². The van der Waals surface area contributed by atoms with Crippen molar-refractivity contribution in [3.63, 3.8) is 0 Å². The molecule has 1 heterocycles. The Morgan fingerprint density at radius 1 is 1.14 bits per heavy atom. The predicted molar refractivity (Wildman–Crippen MR) is 91.6 cm³/mol. The van der Waals surface area contributed by atoms with Gasteiger partial charge in [0.25, 0.3) is 0 Å². The van der Waals surface area contributed by atoms with Crippen molar-refractivity contribution in [2.45, 2.75) is 71.0 Å². The van der Waals surface area contributed by atoms with E-state index in [0.717, 1.165) is 6.54 Å². The molecule has 2 heteroatoms. The molecule has 0 aliphatic carbocycles. The number of nitrogens with zero attached hydrogens (tertiary/aromatic N) is 1. The second kappa shape index (κ2) is 7.42. The van der Waals surface area contributed by atoms with Crippen LogP contribution in [0.15, 0.2) is 30.3 Å². The highest BCUT2D eigenvalue weighted by atomic mass is 15.3. The summed E-state index contributed by atoms with van der Waals surface area (Å²) < 4.78 is 0. The van der Waals surface area contributed by atoms with Crippen LogP contribution in [0.5, 0.6) is 0 Å². The molecule has 0 spiro atoms. The van der Waals surface area contributed by atoms with Gasteiger partial charge in [0, 0.05) is 30.7 Å². The molecule has 1 aromatic rings. The highest BCUT2D eigenvalue weighted by Gasteiger charge is 2.38. The second-order valence-corrected chi connectivity index (χ2v) is 6.44. The summed E-state index contributed by atoms with van der Waals surface area (Å²) in [7, 11) is 0. The van der Waals surface area contributed by atoms with Crippen molar-refractivity contribution in [3.8, 4) is 0 Å². The Labute approximate surface area is 130 Å². The summed E-state index contributed by atoms with van der Waals surface area (Å²) in [5, 5.41) is 3.85. The Hall–Kier alpha value is -0.860. The van der Waals surface area contributed by atoms with Crippen LogP contribution in [0.3, 0.4) is 0 Å². The maximum absolute atomic E-state index is 3.85. The smallest absolute Gasteiger partial charge is 0.0349 e. The van der Waals surface area contributed by atoms with Crippen LogP contribution in [-0.2, 0) is 0 Å². The van der Waals surface area contributed by atoms with Gasteiger partial charge in [0.1, 0.15) is 0 Å². The van der Waals surface area contributed by atoms with Gasteiger partial charge in [-0.05, 0) is 31.2 Å². The summed E-state index contributed by atoms with van der Waals surface area (Å²) in [6, 6.07) is 12.3. The number of piperazine rings is 1. The molecule has 0 saturated carbocycles. The summed E-state index contributed by atoms with van der Waals surface area (Å²) in [5.74, 6) is 0. The molecule has 1 aliphatic heterocycles. The molecule has 1 aromatic carbocycles. The molecule has 1 aliphatic rings. The van der Waals surface area contributed by atoms with Crippen molar-refractivity contribution in [1.82, 2.24) is 10.2 Å². The molecule has 1 fully saturated rings. The lowest BCUT2D eigenvalue weighted by molar-refractivity contribution is 0.0324. The average molecular weight is 288 g/mol. The van der Waals surface area contributed by atoms with E-state index < -0.39 is 0 Å². The van der Waals surface area contributed by atoms with E-state index in [1.165, 1.54) is 37.8 Å². The van der Waals surface area contributed by atoms with Gasteiger partial charge in [-0.15, -0.1) is 0 Å². The summed E-state index contributed by atoms with van der Waals surface area (Å²) in [6.45, 7) is 11.6. The van der Waals surface area contributed by atoms with Gasteiger partial charge in [-0.3, -0.25) is 4.90 Å². The third kappa shape index (κ3) is 3.49. The minimum absolute atomic E-state index is 0.299. The zero-order chi connectivity index (χ0) is 15.3. The largest absolute Gasteiger partial charge is 0.308 e. The number of hydrogen-bond donors (Lipinski definition) is 1. The first-order valence-corrected chi connectivity index (χ1v) is 8.75. The molecule has 118 valence electrons. The van der Waals surface area contributed by atoms with E-state index in [1.54, 1.807) is 0 Å². The Kier molecular flexibility index (Phi) is 5.83. The van der Waals surface area contributed by atoms with Gasteiger partial charge >= 0.3 is 0 Å². The highest BCUT2D eigenvalue weighted by Crippen LogP contribution is 2.33. The lowest BCUT2D eigenvalue weighted by Crippen LogP contribution is -2.64. The SMILES string of the molecule is CCC1CNC(CC)(CC)CN1C(CC)c1ccccc1. The normalized spacial score (nSPS) is 23.9. The molecule has 2 unspecified atom stereocenters. The highest BCUT2D eigenvalue weighted by molar-refractivity contribution is 5.20. The third-order valence-electron chi connectivity index (χ3n) is 5.46. The van der Waals surface area contributed by atoms with Crippen molar-refractivity contribution in [2.24, 2.45) is 0 Å². The van der Waals surface area contributed by atoms with Gasteiger partial charge in [-0.2, -0.15) is 0 Å². The number of benzene rings is 1. The Bertz CT molecular complexity index is 411. The molecular weight excluding hydrogens is 256 g/mol. The van der Waals surface area contributed by atoms with Gasteiger partial charge in [-0.25, -0.2) is 0 Å². The zero-order valence-corrected chi connectivity index (χ0v) is 14.2. The molecule has 1 saturated heterocycles. The Morgan fingerprint density at radius 3 is 2.33 bits per heavy atom. The Morgan fingerprint density at radius 2 is 1.81 bits per heavy atom. The van der Waals surface area contributed by atoms with Gasteiger partial charge in [-0.1, -0.05) is 58.0 Å². The first-order valence-electron chi connectivity index (χ1n) is 8.75. The quantitative estimate of drug-likeness (QED) is 0.835. The first kappa shape index (κ1) is 16.5. The van der Waals surface area contributed by atoms with E-state index in [1.807, 2.05) is 0 Å². The van der Waals surface area contributed by atoms with Gasteiger partial charge in [0.15, 0.2) is 0 Å². The van der Waals surface area contributed by atoms with Crippen LogP contribution in [0.2, 0.25) is 0 Å². The molecular formula is C19H32N2.